The van der Waals surface area contributed by atoms with E-state index in [-0.39, 0.29) is 89.3 Å². The highest BCUT2D eigenvalue weighted by Gasteiger charge is 2.67. The number of hydrogen-bond acceptors (Lipinski definition) is 21. The molecule has 584 valence electrons. The Morgan fingerprint density at radius 2 is 1.29 bits per heavy atom. The van der Waals surface area contributed by atoms with E-state index < -0.39 is 133 Å². The number of benzene rings is 4. The number of ketones is 1. The number of H-pyrrole nitrogens is 3. The Labute approximate surface area is 643 Å². The third-order valence-corrected chi connectivity index (χ3v) is 21.3. The fourth-order valence-corrected chi connectivity index (χ4v) is 15.3. The molecule has 3 aliphatic rings. The Hall–Kier alpha value is -13.0. The summed E-state index contributed by atoms with van der Waals surface area (Å²) in [6, 6.07) is 17.7. The molecule has 1 spiro atoms. The van der Waals surface area contributed by atoms with E-state index in [0.29, 0.717) is 74.6 Å². The number of nitrogens with zero attached hydrogens (tertiary/aromatic N) is 4. The van der Waals surface area contributed by atoms with E-state index in [0.717, 1.165) is 52.1 Å². The largest absolute Gasteiger partial charge is 0.481 e. The summed E-state index contributed by atoms with van der Waals surface area (Å²) in [5, 5.41) is 70.8. The van der Waals surface area contributed by atoms with Gasteiger partial charge in [-0.2, -0.15) is 0 Å². The number of nitrogens with one attached hydrogen (secondary N) is 13. The lowest BCUT2D eigenvalue weighted by Crippen LogP contribution is -2.58. The number of guanidine groups is 1. The van der Waals surface area contributed by atoms with Gasteiger partial charge >= 0.3 is 23.9 Å². The van der Waals surface area contributed by atoms with Crippen LogP contribution >= 0.6 is 21.6 Å². The minimum Gasteiger partial charge on any atom is -0.481 e. The number of aryl methyl sites for hydroxylation is 1. The molecule has 8 amide bonds. The fraction of sp³-hybridized carbons (Fsp3) is 0.324. The number of piperidine rings is 1. The summed E-state index contributed by atoms with van der Waals surface area (Å²) in [4.78, 5) is 207. The highest BCUT2D eigenvalue weighted by molar-refractivity contribution is 8.76. The smallest absolute Gasteiger partial charge is 0.327 e. The molecule has 19 N–H and O–H groups in total. The van der Waals surface area contributed by atoms with Gasteiger partial charge in [0.05, 0.1) is 31.3 Å². The summed E-state index contributed by atoms with van der Waals surface area (Å²) in [5.41, 5.74) is 10.8. The molecule has 5 heterocycles. The molecule has 1 aliphatic heterocycles. The number of allylic oxidation sites excluding steroid dienone is 2. The lowest BCUT2D eigenvalue weighted by atomic mass is 9.81. The lowest BCUT2D eigenvalue weighted by molar-refractivity contribution is -0.143. The van der Waals surface area contributed by atoms with Gasteiger partial charge in [0.15, 0.2) is 22.9 Å². The number of carbonyl (C=O) groups is 13. The first kappa shape index (κ1) is 80.0. The van der Waals surface area contributed by atoms with Crippen LogP contribution in [0.3, 0.4) is 0 Å². The Morgan fingerprint density at radius 1 is 0.661 bits per heavy atom. The number of hydrogen-bond donors (Lipinski definition) is 18. The first-order chi connectivity index (χ1) is 53.6. The molecule has 0 bridgehead atoms. The molecule has 4 aromatic carbocycles. The van der Waals surface area contributed by atoms with Gasteiger partial charge in [0.1, 0.15) is 47.4 Å². The molecule has 2 fully saturated rings. The zero-order chi connectivity index (χ0) is 80.1. The maximum absolute atomic E-state index is 14.0. The van der Waals surface area contributed by atoms with Crippen LogP contribution in [-0.4, -0.2) is 193 Å². The maximum Gasteiger partial charge on any atom is 0.327 e. The van der Waals surface area contributed by atoms with Crippen molar-refractivity contribution in [3.63, 3.8) is 0 Å². The summed E-state index contributed by atoms with van der Waals surface area (Å²) < 4.78 is 0. The Bertz CT molecular complexity index is 5180. The zero-order valence-corrected chi connectivity index (χ0v) is 61.5. The number of likely N-dealkylation sites (tertiary alicyclic amines) is 1. The number of nitrogens with two attached hydrogens (primary N) is 1. The van der Waals surface area contributed by atoms with Crippen molar-refractivity contribution in [2.45, 2.75) is 120 Å². The number of aromatic nitrogens is 6. The van der Waals surface area contributed by atoms with E-state index in [1.165, 1.54) is 30.5 Å². The number of fused-ring (bicyclic) bond motifs is 4. The van der Waals surface area contributed by atoms with Crippen LogP contribution in [0.4, 0.5) is 17.1 Å². The first-order valence-electron chi connectivity index (χ1n) is 35.5. The van der Waals surface area contributed by atoms with Gasteiger partial charge in [0.2, 0.25) is 29.5 Å². The molecule has 1 saturated carbocycles. The third-order valence-electron chi connectivity index (χ3n) is 18.9. The number of carbonyl (C=O) groups excluding carboxylic acids is 9. The predicted octanol–water partition coefficient (Wildman–Crippen LogP) is 3.99. The molecule has 38 heteroatoms. The molecule has 7 atom stereocenters. The third kappa shape index (κ3) is 19.7. The minimum absolute atomic E-state index is 0.0175. The summed E-state index contributed by atoms with van der Waals surface area (Å²) in [6.45, 7) is 2.55. The van der Waals surface area contributed by atoms with Gasteiger partial charge in [-0.1, -0.05) is 59.2 Å². The molecule has 1 saturated heterocycles. The number of amides is 8. The second kappa shape index (κ2) is 35.6. The summed E-state index contributed by atoms with van der Waals surface area (Å²) in [7, 11) is 2.02. The maximum atomic E-state index is 14.0. The standard InChI is InChI=1S/C74H78N18O18S2/c1-2-3-10-57-90-63-62(69(105)91-57)81-43(33-79-63)32-78-40-13-11-36(12-14-40)64(100)87-49(71(107)108)19-20-58(94)85-51(28-60(96)97)67(103)86-48(9-6-22-77-73(75)76)65(101)88-52(29-61(98)99)68(104)89-54(72(109)110)35-112-111-23-21-59(95)80-41-15-17-46-37(24-41)26-50(83-46)66(102)82-42-16-18-47-38(25-42)27-53(84-47)70(106)92-34-39-31-74(39)45-8-5-4-7-44(45)55(93)30-56(74)92/h4-5,7-8,11-18,24-27,30,33,39,48-49,51-52,54,78,83-84H,2-3,6,9-10,19-23,28-29,31-32,34-35H2,1H3,(H,80,95)(H,82,102)(H,85,94)(H,86,103)(H,87,100)(H,88,101)(H,89,104)(H,96,97)(H,98,99)(H,107,108)(H,109,110)(H4,75,76,77)(H,79,90,91,105)/t39-,48+,49+,51?,52+,54+,74?/m1/s1. The van der Waals surface area contributed by atoms with E-state index in [9.17, 15) is 87.5 Å². The summed E-state index contributed by atoms with van der Waals surface area (Å²) >= 11 is 0. The first-order valence-corrected chi connectivity index (χ1v) is 38.0. The molecule has 36 nitrogen and oxygen atoms in total. The number of unbranched alkanes of at least 4 members (excludes halogenated alkanes) is 1. The van der Waals surface area contributed by atoms with Crippen molar-refractivity contribution in [2.24, 2.45) is 11.7 Å². The SMILES string of the molecule is CCCCc1nc2ncc(CNc3ccc(C(=O)N[C@@H](CCC(=O)NC(CC(=O)O)C(=O)N[C@@H](CCCNC(=N)N)C(=O)N[C@@H](CC(=O)O)C(=O)N[C@@H](CSSCCC(=O)Nc4ccc5[nH]c(C(=O)Nc6ccc7[nH]c(C(=O)N8C[C@H]9CC9%10C8=CC(=O)c8ccccc8%10)cc7c6)cc5c4)C(=O)O)C(=O)O)cc3)nc2c(=O)[nH]1. The molecule has 112 heavy (non-hydrogen) atoms. The number of carboxylic acids is 4. The van der Waals surface area contributed by atoms with Gasteiger partial charge in [-0.3, -0.25) is 62.9 Å². The Morgan fingerprint density at radius 3 is 1.97 bits per heavy atom. The second-order valence-corrected chi connectivity index (χ2v) is 29.5. The zero-order valence-electron chi connectivity index (χ0n) is 59.9. The van der Waals surface area contributed by atoms with Gasteiger partial charge < -0.3 is 93.9 Å². The van der Waals surface area contributed by atoms with Crippen LogP contribution in [0.2, 0.25) is 0 Å². The molecule has 8 aromatic rings. The number of aromatic amines is 3. The van der Waals surface area contributed by atoms with Gasteiger partial charge in [-0.05, 0) is 116 Å². The minimum atomic E-state index is -1.99. The molecule has 2 aliphatic carbocycles. The van der Waals surface area contributed by atoms with Gasteiger partial charge in [0.25, 0.3) is 23.3 Å². The van der Waals surface area contributed by atoms with Crippen molar-refractivity contribution < 1.29 is 82.8 Å². The summed E-state index contributed by atoms with van der Waals surface area (Å²) in [5.74, 6) is -13.3. The van der Waals surface area contributed by atoms with E-state index in [1.54, 1.807) is 59.5 Å². The topological polar surface area (TPSA) is 567 Å². The van der Waals surface area contributed by atoms with Crippen LogP contribution in [-0.2, 0) is 61.5 Å². The highest BCUT2D eigenvalue weighted by atomic mass is 33.1. The fourth-order valence-electron chi connectivity index (χ4n) is 13.2. The Kier molecular flexibility index (Phi) is 25.4. The number of rotatable bonds is 38. The number of carboxylic acid groups (broad SMARTS) is 4. The predicted molar refractivity (Wildman–Crippen MR) is 410 cm³/mol. The highest BCUT2D eigenvalue weighted by Crippen LogP contribution is 2.66. The molecule has 0 radical (unpaired) electrons. The molecule has 4 aromatic heterocycles. The average molecular weight is 1570 g/mol. The van der Waals surface area contributed by atoms with Crippen LogP contribution < -0.4 is 59.1 Å². The quantitative estimate of drug-likeness (QED) is 0.0113. The number of anilines is 3. The van der Waals surface area contributed by atoms with Crippen LogP contribution in [0.1, 0.15) is 130 Å². The van der Waals surface area contributed by atoms with E-state index in [1.807, 2.05) is 31.2 Å². The normalized spacial score (nSPS) is 15.8. The van der Waals surface area contributed by atoms with E-state index >= 15 is 0 Å². The molecular weight excluding hydrogens is 1490 g/mol. The van der Waals surface area contributed by atoms with Crippen molar-refractivity contribution in [3.8, 4) is 0 Å². The second-order valence-electron chi connectivity index (χ2n) is 26.9. The molecule has 11 rings (SSSR count). The molecule has 2 unspecified atom stereocenters. The monoisotopic (exact) mass is 1570 g/mol. The van der Waals surface area contributed by atoms with Crippen LogP contribution in [0.25, 0.3) is 33.0 Å². The van der Waals surface area contributed by atoms with Crippen LogP contribution in [0, 0.1) is 11.3 Å². The Balaban J connectivity index is 0.623. The number of aliphatic carboxylic acids is 4. The van der Waals surface area contributed by atoms with Gasteiger partial charge in [-0.15, -0.1) is 0 Å². The van der Waals surface area contributed by atoms with Crippen molar-refractivity contribution in [3.05, 3.63) is 165 Å². The van der Waals surface area contributed by atoms with Gasteiger partial charge in [0, 0.05) is 111 Å². The van der Waals surface area contributed by atoms with Crippen molar-refractivity contribution in [1.29, 1.82) is 5.41 Å². The van der Waals surface area contributed by atoms with E-state index in [2.05, 4.69) is 77.8 Å². The molecular formula is C74H78N18O18S2. The van der Waals surface area contributed by atoms with Crippen LogP contribution in [0.5, 0.6) is 0 Å². The van der Waals surface area contributed by atoms with E-state index in [4.69, 9.17) is 11.1 Å². The van der Waals surface area contributed by atoms with Crippen molar-refractivity contribution in [1.82, 2.24) is 66.7 Å². The van der Waals surface area contributed by atoms with Crippen molar-refractivity contribution in [2.75, 3.05) is 40.5 Å². The van der Waals surface area contributed by atoms with Gasteiger partial charge in [-0.25, -0.2) is 24.5 Å². The average Bonchev–Trinajstić information content (AvgIpc) is 1.50. The summed E-state index contributed by atoms with van der Waals surface area (Å²) in [6.07, 6.45) is 2.30. The lowest BCUT2D eigenvalue weighted by Gasteiger charge is -2.29. The van der Waals surface area contributed by atoms with Crippen molar-refractivity contribution >= 4 is 154 Å². The van der Waals surface area contributed by atoms with Crippen LogP contribution in [0.15, 0.2) is 120 Å².